The monoisotopic (exact) mass is 305 g/mol. The zero-order chi connectivity index (χ0) is 13.4. The van der Waals surface area contributed by atoms with E-state index in [2.05, 4.69) is 0 Å². The number of halogens is 2. The van der Waals surface area contributed by atoms with Crippen LogP contribution in [0.25, 0.3) is 0 Å². The first kappa shape index (κ1) is 18.1. The molecule has 0 amide bonds. The van der Waals surface area contributed by atoms with E-state index in [1.165, 1.54) is 0 Å². The summed E-state index contributed by atoms with van der Waals surface area (Å²) in [5.74, 6) is 0.408. The first-order chi connectivity index (χ1) is 8.65. The van der Waals surface area contributed by atoms with Gasteiger partial charge >= 0.3 is 5.97 Å². The van der Waals surface area contributed by atoms with Gasteiger partial charge < -0.3 is 9.64 Å². The van der Waals surface area contributed by atoms with Crippen LogP contribution in [0.4, 0.5) is 5.69 Å². The maximum Gasteiger partial charge on any atom is 0.338 e. The zero-order valence-electron chi connectivity index (χ0n) is 11.4. The maximum atomic E-state index is 11.7. The lowest BCUT2D eigenvalue weighted by atomic mass is 10.2. The molecule has 0 atom stereocenters. The number of carbonyl (C=O) groups is 1. The highest BCUT2D eigenvalue weighted by Crippen LogP contribution is 2.13. The van der Waals surface area contributed by atoms with Gasteiger partial charge in [0.15, 0.2) is 0 Å². The van der Waals surface area contributed by atoms with Gasteiger partial charge in [0.1, 0.15) is 0 Å². The van der Waals surface area contributed by atoms with E-state index in [1.807, 2.05) is 31.1 Å². The summed E-state index contributed by atoms with van der Waals surface area (Å²) >= 11 is 5.57. The Kier molecular flexibility index (Phi) is 9.44. The lowest BCUT2D eigenvalue weighted by molar-refractivity contribution is 0.0498. The molecule has 0 N–H and O–H groups in total. The molecular formula is C14H21Cl2NO2. The molecule has 1 rings (SSSR count). The summed E-state index contributed by atoms with van der Waals surface area (Å²) in [7, 11) is 3.93. The molecule has 0 aliphatic carbocycles. The summed E-state index contributed by atoms with van der Waals surface area (Å²) in [5, 5.41) is 0. The van der Waals surface area contributed by atoms with Gasteiger partial charge in [0, 0.05) is 25.7 Å². The normalized spacial score (nSPS) is 9.63. The Balaban J connectivity index is 0.00000324. The van der Waals surface area contributed by atoms with E-state index >= 15 is 0 Å². The predicted octanol–water partition coefficient (Wildman–Crippen LogP) is 3.74. The Labute approximate surface area is 126 Å². The molecule has 0 fully saturated rings. The molecule has 0 radical (unpaired) electrons. The largest absolute Gasteiger partial charge is 0.462 e. The number of unbranched alkanes of at least 4 members (excludes halogenated alkanes) is 2. The van der Waals surface area contributed by atoms with E-state index in [1.54, 1.807) is 12.1 Å². The zero-order valence-corrected chi connectivity index (χ0v) is 13.0. The third-order valence-corrected chi connectivity index (χ3v) is 2.90. The fraction of sp³-hybridized carbons (Fsp3) is 0.500. The van der Waals surface area contributed by atoms with Gasteiger partial charge in [-0.15, -0.1) is 24.0 Å². The van der Waals surface area contributed by atoms with Crippen molar-refractivity contribution in [1.29, 1.82) is 0 Å². The minimum absolute atomic E-state index is 0. The summed E-state index contributed by atoms with van der Waals surface area (Å²) in [4.78, 5) is 13.7. The van der Waals surface area contributed by atoms with Gasteiger partial charge in [0.25, 0.3) is 0 Å². The van der Waals surface area contributed by atoms with E-state index in [0.29, 0.717) is 18.1 Å². The Hall–Kier alpha value is -0.930. The molecule has 0 aliphatic heterocycles. The number of rotatable bonds is 7. The van der Waals surface area contributed by atoms with Crippen molar-refractivity contribution < 1.29 is 9.53 Å². The van der Waals surface area contributed by atoms with Gasteiger partial charge in [0.2, 0.25) is 0 Å². The molecule has 108 valence electrons. The smallest absolute Gasteiger partial charge is 0.338 e. The number of hydrogen-bond acceptors (Lipinski definition) is 3. The number of benzene rings is 1. The van der Waals surface area contributed by atoms with Gasteiger partial charge in [-0.25, -0.2) is 4.79 Å². The molecule has 0 heterocycles. The second-order valence-corrected chi connectivity index (χ2v) is 4.70. The van der Waals surface area contributed by atoms with Crippen molar-refractivity contribution >= 4 is 35.7 Å². The van der Waals surface area contributed by atoms with Crippen LogP contribution in [0.15, 0.2) is 24.3 Å². The number of ether oxygens (including phenoxy) is 1. The van der Waals surface area contributed by atoms with Crippen molar-refractivity contribution in [2.24, 2.45) is 0 Å². The number of nitrogens with zero attached hydrogens (tertiary/aromatic N) is 1. The number of anilines is 1. The average Bonchev–Trinajstić information content (AvgIpc) is 2.38. The minimum Gasteiger partial charge on any atom is -0.462 e. The van der Waals surface area contributed by atoms with Crippen LogP contribution in [0, 0.1) is 0 Å². The van der Waals surface area contributed by atoms with Crippen molar-refractivity contribution in [2.45, 2.75) is 19.3 Å². The van der Waals surface area contributed by atoms with Crippen LogP contribution in [-0.2, 0) is 4.74 Å². The average molecular weight is 306 g/mol. The number of alkyl halides is 1. The molecule has 1 aromatic rings. The van der Waals surface area contributed by atoms with Gasteiger partial charge in [-0.2, -0.15) is 0 Å². The van der Waals surface area contributed by atoms with Crippen molar-refractivity contribution in [1.82, 2.24) is 0 Å². The number of hydrogen-bond donors (Lipinski definition) is 0. The molecule has 19 heavy (non-hydrogen) atoms. The van der Waals surface area contributed by atoms with E-state index < -0.39 is 0 Å². The van der Waals surface area contributed by atoms with Crippen molar-refractivity contribution in [2.75, 3.05) is 31.5 Å². The maximum absolute atomic E-state index is 11.7. The third-order valence-electron chi connectivity index (χ3n) is 2.63. The molecular weight excluding hydrogens is 285 g/mol. The summed E-state index contributed by atoms with van der Waals surface area (Å²) in [6.45, 7) is 0.463. The molecule has 0 aromatic heterocycles. The lowest BCUT2D eigenvalue weighted by Gasteiger charge is -2.12. The Morgan fingerprint density at radius 1 is 1.16 bits per heavy atom. The molecule has 5 heteroatoms. The van der Waals surface area contributed by atoms with E-state index in [4.69, 9.17) is 16.3 Å². The summed E-state index contributed by atoms with van der Waals surface area (Å²) in [5.41, 5.74) is 1.66. The van der Waals surface area contributed by atoms with E-state index in [-0.39, 0.29) is 18.4 Å². The van der Waals surface area contributed by atoms with Crippen molar-refractivity contribution in [3.8, 4) is 0 Å². The van der Waals surface area contributed by atoms with Crippen LogP contribution < -0.4 is 4.90 Å². The van der Waals surface area contributed by atoms with Crippen LogP contribution in [0.5, 0.6) is 0 Å². The topological polar surface area (TPSA) is 29.5 Å². The second-order valence-electron chi connectivity index (χ2n) is 4.33. The van der Waals surface area contributed by atoms with Crippen LogP contribution in [0.1, 0.15) is 29.6 Å². The SMILES string of the molecule is CN(C)c1ccc(C(=O)OCCCCCCl)cc1.Cl. The lowest BCUT2D eigenvalue weighted by Crippen LogP contribution is -2.10. The first-order valence-corrected chi connectivity index (χ1v) is 6.69. The van der Waals surface area contributed by atoms with Gasteiger partial charge in [-0.05, 0) is 43.5 Å². The highest BCUT2D eigenvalue weighted by molar-refractivity contribution is 6.17. The van der Waals surface area contributed by atoms with Crippen molar-refractivity contribution in [3.05, 3.63) is 29.8 Å². The highest BCUT2D eigenvalue weighted by Gasteiger charge is 2.06. The Morgan fingerprint density at radius 2 is 1.79 bits per heavy atom. The molecule has 3 nitrogen and oxygen atoms in total. The highest BCUT2D eigenvalue weighted by atomic mass is 35.5. The van der Waals surface area contributed by atoms with Crippen LogP contribution in [0.2, 0.25) is 0 Å². The molecule has 0 saturated heterocycles. The van der Waals surface area contributed by atoms with Crippen LogP contribution in [-0.4, -0.2) is 32.6 Å². The van der Waals surface area contributed by atoms with Crippen LogP contribution >= 0.6 is 24.0 Å². The first-order valence-electron chi connectivity index (χ1n) is 6.15. The summed E-state index contributed by atoms with van der Waals surface area (Å²) < 4.78 is 5.18. The van der Waals surface area contributed by atoms with Gasteiger partial charge in [-0.1, -0.05) is 0 Å². The van der Waals surface area contributed by atoms with Crippen molar-refractivity contribution in [3.63, 3.8) is 0 Å². The van der Waals surface area contributed by atoms with E-state index in [9.17, 15) is 4.79 Å². The minimum atomic E-state index is -0.258. The standard InChI is InChI=1S/C14H20ClNO2.ClH/c1-16(2)13-8-6-12(7-9-13)14(17)18-11-5-3-4-10-15;/h6-9H,3-5,10-11H2,1-2H3;1H. The molecule has 0 unspecified atom stereocenters. The Bertz CT molecular complexity index is 366. The molecule has 0 aliphatic rings. The van der Waals surface area contributed by atoms with E-state index in [0.717, 1.165) is 24.9 Å². The molecule has 0 spiro atoms. The fourth-order valence-electron chi connectivity index (χ4n) is 1.52. The molecule has 0 saturated carbocycles. The number of esters is 1. The number of carbonyl (C=O) groups excluding carboxylic acids is 1. The van der Waals surface area contributed by atoms with Gasteiger partial charge in [-0.3, -0.25) is 0 Å². The fourth-order valence-corrected chi connectivity index (χ4v) is 1.71. The van der Waals surface area contributed by atoms with Crippen LogP contribution in [0.3, 0.4) is 0 Å². The quantitative estimate of drug-likeness (QED) is 0.436. The van der Waals surface area contributed by atoms with Gasteiger partial charge in [0.05, 0.1) is 12.2 Å². The third kappa shape index (κ3) is 6.69. The molecule has 0 bridgehead atoms. The second kappa shape index (κ2) is 9.93. The molecule has 1 aromatic carbocycles. The predicted molar refractivity (Wildman–Crippen MR) is 82.9 cm³/mol. The Morgan fingerprint density at radius 3 is 2.32 bits per heavy atom. The summed E-state index contributed by atoms with van der Waals surface area (Å²) in [6, 6.07) is 7.39. The summed E-state index contributed by atoms with van der Waals surface area (Å²) in [6.07, 6.45) is 2.83.